The lowest BCUT2D eigenvalue weighted by atomic mass is 10.0. The van der Waals surface area contributed by atoms with Crippen LogP contribution in [0.1, 0.15) is 58.1 Å². The van der Waals surface area contributed by atoms with E-state index in [4.69, 9.17) is 23.5 Å². The van der Waals surface area contributed by atoms with E-state index in [9.17, 15) is 18.0 Å². The first-order valence-electron chi connectivity index (χ1n) is 12.6. The topological polar surface area (TPSA) is 49.2 Å². The van der Waals surface area contributed by atoms with Crippen LogP contribution in [-0.2, 0) is 17.5 Å². The van der Waals surface area contributed by atoms with Crippen molar-refractivity contribution in [2.75, 3.05) is 18.1 Å². The summed E-state index contributed by atoms with van der Waals surface area (Å²) in [4.78, 5) is 19.0. The summed E-state index contributed by atoms with van der Waals surface area (Å²) in [7, 11) is 0. The second-order valence-corrected chi connectivity index (χ2v) is 10.1. The van der Waals surface area contributed by atoms with Crippen LogP contribution < -0.4 is 15.0 Å². The summed E-state index contributed by atoms with van der Waals surface area (Å²) in [6.07, 6.45) is -2.01. The van der Waals surface area contributed by atoms with Crippen LogP contribution in [0.4, 0.5) is 24.5 Å². The Labute approximate surface area is 227 Å². The van der Waals surface area contributed by atoms with E-state index in [2.05, 4.69) is 24.0 Å². The average molecular weight is 547 g/mol. The molecular weight excluding hydrogens is 513 g/mol. The van der Waals surface area contributed by atoms with Crippen molar-refractivity contribution in [1.82, 2.24) is 10.2 Å². The van der Waals surface area contributed by atoms with E-state index in [0.29, 0.717) is 25.6 Å². The number of carbonyl (C=O) groups is 1. The number of anilines is 1. The third-order valence-electron chi connectivity index (χ3n) is 6.79. The van der Waals surface area contributed by atoms with Gasteiger partial charge in [-0.1, -0.05) is 32.0 Å². The molecule has 1 amide bonds. The van der Waals surface area contributed by atoms with Crippen molar-refractivity contribution >= 4 is 34.6 Å². The largest absolute Gasteiger partial charge is 0.494 e. The third kappa shape index (κ3) is 6.45. The zero-order valence-corrected chi connectivity index (χ0v) is 22.9. The normalized spacial score (nSPS) is 15.3. The van der Waals surface area contributed by atoms with Crippen molar-refractivity contribution in [3.05, 3.63) is 65.0 Å². The van der Waals surface area contributed by atoms with Crippen molar-refractivity contribution in [2.45, 2.75) is 71.3 Å². The Bertz CT molecular complexity index is 1190. The molecule has 0 aromatic heterocycles. The average Bonchev–Trinajstić information content (AvgIpc) is 3.05. The van der Waals surface area contributed by atoms with Crippen LogP contribution >= 0.6 is 12.2 Å². The van der Waals surface area contributed by atoms with Gasteiger partial charge in [0.2, 0.25) is 0 Å². The van der Waals surface area contributed by atoms with Crippen LogP contribution in [0.5, 0.6) is 5.75 Å². The minimum atomic E-state index is -4.73. The molecule has 0 radical (unpaired) electrons. The van der Waals surface area contributed by atoms with E-state index in [0.717, 1.165) is 42.2 Å². The molecule has 0 atom stereocenters. The lowest BCUT2D eigenvalue weighted by molar-refractivity contribution is -0.136. The van der Waals surface area contributed by atoms with Gasteiger partial charge in [0.05, 0.1) is 18.7 Å². The maximum Gasteiger partial charge on any atom is 0.407 e. The number of alkyl halides is 3. The second-order valence-electron chi connectivity index (χ2n) is 9.69. The van der Waals surface area contributed by atoms with Crippen LogP contribution in [-0.4, -0.2) is 40.7 Å². The first-order chi connectivity index (χ1) is 17.9. The summed E-state index contributed by atoms with van der Waals surface area (Å²) in [6.45, 7) is 16.3. The number of carbonyl (C=O) groups excluding carboxylic acids is 1. The quantitative estimate of drug-likeness (QED) is 0.193. The first-order valence-corrected chi connectivity index (χ1v) is 13.0. The molecule has 2 aromatic rings. The summed E-state index contributed by atoms with van der Waals surface area (Å²) in [5, 5.41) is 3.65. The van der Waals surface area contributed by atoms with Gasteiger partial charge in [0.15, 0.2) is 10.8 Å². The van der Waals surface area contributed by atoms with Crippen LogP contribution in [0.25, 0.3) is 4.85 Å². The fourth-order valence-corrected chi connectivity index (χ4v) is 4.89. The fraction of sp³-hybridized carbons (Fsp3) is 0.464. The molecule has 1 fully saturated rings. The van der Waals surface area contributed by atoms with Gasteiger partial charge in [-0.05, 0) is 75.2 Å². The highest BCUT2D eigenvalue weighted by Gasteiger charge is 2.49. The fourth-order valence-electron chi connectivity index (χ4n) is 4.38. The summed E-state index contributed by atoms with van der Waals surface area (Å²) in [5.41, 5.74) is -1.50. The van der Waals surface area contributed by atoms with E-state index in [-0.39, 0.29) is 10.8 Å². The van der Waals surface area contributed by atoms with Gasteiger partial charge in [-0.3, -0.25) is 9.69 Å². The summed E-state index contributed by atoms with van der Waals surface area (Å²) in [5.74, 6) is 0.307. The standard InChI is InChI=1S/C28H33F3N4O2S/c1-6-20(7-2)33-18-19-9-12-22(13-10-19)37-16-8-15-34-26(38)35(25(36)27(34,3)4)21-11-14-24(32-5)23(17-21)28(29,30)31/h9-14,17,20,33H,6-8,15-16,18H2,1-4H3. The predicted molar refractivity (Wildman–Crippen MR) is 146 cm³/mol. The Morgan fingerprint density at radius 1 is 1.13 bits per heavy atom. The predicted octanol–water partition coefficient (Wildman–Crippen LogP) is 6.72. The second kappa shape index (κ2) is 12.1. The minimum absolute atomic E-state index is 0.00896. The first kappa shape index (κ1) is 29.4. The van der Waals surface area contributed by atoms with E-state index in [1.54, 1.807) is 18.7 Å². The molecule has 0 saturated carbocycles. The molecule has 10 heteroatoms. The van der Waals surface area contributed by atoms with Crippen LogP contribution in [0.15, 0.2) is 42.5 Å². The molecule has 1 N–H and O–H groups in total. The lowest BCUT2D eigenvalue weighted by Gasteiger charge is -2.29. The van der Waals surface area contributed by atoms with Gasteiger partial charge < -0.3 is 15.0 Å². The molecule has 204 valence electrons. The number of hydrogen-bond acceptors (Lipinski definition) is 4. The van der Waals surface area contributed by atoms with Crippen LogP contribution in [0.2, 0.25) is 0 Å². The zero-order chi connectivity index (χ0) is 28.1. The zero-order valence-electron chi connectivity index (χ0n) is 22.1. The lowest BCUT2D eigenvalue weighted by Crippen LogP contribution is -2.44. The highest BCUT2D eigenvalue weighted by atomic mass is 32.1. The molecule has 1 heterocycles. The van der Waals surface area contributed by atoms with Crippen LogP contribution in [0, 0.1) is 6.57 Å². The highest BCUT2D eigenvalue weighted by Crippen LogP contribution is 2.40. The Balaban J connectivity index is 1.61. The molecule has 2 aromatic carbocycles. The molecule has 0 unspecified atom stereocenters. The number of hydrogen-bond donors (Lipinski definition) is 1. The number of benzene rings is 2. The van der Waals surface area contributed by atoms with Crippen molar-refractivity contribution in [2.24, 2.45) is 0 Å². The van der Waals surface area contributed by atoms with Crippen molar-refractivity contribution in [1.29, 1.82) is 0 Å². The van der Waals surface area contributed by atoms with Gasteiger partial charge in [-0.25, -0.2) is 4.85 Å². The van der Waals surface area contributed by atoms with Gasteiger partial charge in [0.1, 0.15) is 11.3 Å². The van der Waals surface area contributed by atoms with E-state index in [1.165, 1.54) is 11.6 Å². The smallest absolute Gasteiger partial charge is 0.407 e. The van der Waals surface area contributed by atoms with Gasteiger partial charge in [-0.15, -0.1) is 0 Å². The van der Waals surface area contributed by atoms with E-state index in [1.807, 2.05) is 24.3 Å². The molecular formula is C28H33F3N4O2S. The molecule has 0 bridgehead atoms. The van der Waals surface area contributed by atoms with E-state index >= 15 is 0 Å². The maximum atomic E-state index is 13.5. The number of nitrogens with zero attached hydrogens (tertiary/aromatic N) is 3. The van der Waals surface area contributed by atoms with Gasteiger partial charge >= 0.3 is 6.18 Å². The monoisotopic (exact) mass is 546 g/mol. The molecule has 1 saturated heterocycles. The Morgan fingerprint density at radius 3 is 2.37 bits per heavy atom. The highest BCUT2D eigenvalue weighted by molar-refractivity contribution is 7.80. The Kier molecular flexibility index (Phi) is 9.39. The summed E-state index contributed by atoms with van der Waals surface area (Å²) < 4.78 is 46.3. The maximum absolute atomic E-state index is 13.5. The van der Waals surface area contributed by atoms with E-state index < -0.39 is 28.9 Å². The van der Waals surface area contributed by atoms with Crippen molar-refractivity contribution in [3.63, 3.8) is 0 Å². The number of ether oxygens (including phenoxy) is 1. The molecule has 0 aliphatic carbocycles. The van der Waals surface area contributed by atoms with Crippen LogP contribution in [0.3, 0.4) is 0 Å². The Morgan fingerprint density at radius 2 is 1.79 bits per heavy atom. The number of nitrogens with one attached hydrogen (secondary N) is 1. The van der Waals surface area contributed by atoms with Gasteiger partial charge in [0.25, 0.3) is 5.91 Å². The van der Waals surface area contributed by atoms with Gasteiger partial charge in [0, 0.05) is 24.8 Å². The SMILES string of the molecule is [C-]#[N+]c1ccc(N2C(=O)C(C)(C)N(CCCOc3ccc(CNC(CC)CC)cc3)C2=S)cc1C(F)(F)F. The summed E-state index contributed by atoms with van der Waals surface area (Å²) in [6, 6.07) is 11.6. The minimum Gasteiger partial charge on any atom is -0.494 e. The van der Waals surface area contributed by atoms with Crippen molar-refractivity contribution < 1.29 is 22.7 Å². The molecule has 1 aliphatic heterocycles. The molecule has 38 heavy (non-hydrogen) atoms. The summed E-state index contributed by atoms with van der Waals surface area (Å²) >= 11 is 5.53. The molecule has 3 rings (SSSR count). The number of halogens is 3. The number of thiocarbonyl (C=S) groups is 1. The molecule has 6 nitrogen and oxygen atoms in total. The third-order valence-corrected chi connectivity index (χ3v) is 7.19. The molecule has 0 spiro atoms. The van der Waals surface area contributed by atoms with Gasteiger partial charge in [-0.2, -0.15) is 13.2 Å². The number of amides is 1. The number of rotatable bonds is 11. The van der Waals surface area contributed by atoms with Crippen molar-refractivity contribution in [3.8, 4) is 5.75 Å². The molecule has 1 aliphatic rings. The Hall–Kier alpha value is -3.16.